The molecule has 1 aromatic heterocycles. The number of carbonyl (C=O) groups excluding carboxylic acids is 1. The maximum atomic E-state index is 12.9. The van der Waals surface area contributed by atoms with Crippen LogP contribution in [0.1, 0.15) is 39.7 Å². The first-order valence-electron chi connectivity index (χ1n) is 7.47. The van der Waals surface area contributed by atoms with Crippen LogP contribution in [0.2, 0.25) is 0 Å². The molecule has 1 aliphatic heterocycles. The van der Waals surface area contributed by atoms with Crippen LogP contribution in [0, 0.1) is 6.92 Å². The third kappa shape index (κ3) is 3.03. The van der Waals surface area contributed by atoms with Crippen molar-refractivity contribution < 1.29 is 27.5 Å². The number of alkyl halides is 3. The van der Waals surface area contributed by atoms with Crippen molar-refractivity contribution >= 4 is 5.91 Å². The summed E-state index contributed by atoms with van der Waals surface area (Å²) in [4.78, 5) is 14.0. The molecule has 2 heterocycles. The fourth-order valence-electron chi connectivity index (χ4n) is 3.00. The van der Waals surface area contributed by atoms with Gasteiger partial charge < -0.3 is 14.4 Å². The molecule has 2 aromatic rings. The summed E-state index contributed by atoms with van der Waals surface area (Å²) in [5, 5.41) is 9.93. The number of benzene rings is 1. The Morgan fingerprint density at radius 3 is 2.71 bits per heavy atom. The van der Waals surface area contributed by atoms with Crippen LogP contribution in [0.15, 0.2) is 41.0 Å². The highest BCUT2D eigenvalue weighted by molar-refractivity contribution is 5.93. The summed E-state index contributed by atoms with van der Waals surface area (Å²) in [5.41, 5.74) is 0.214. The summed E-state index contributed by atoms with van der Waals surface area (Å²) in [7, 11) is 0. The van der Waals surface area contributed by atoms with Crippen LogP contribution in [0.3, 0.4) is 0 Å². The predicted molar refractivity (Wildman–Crippen MR) is 79.3 cm³/mol. The van der Waals surface area contributed by atoms with Gasteiger partial charge in [-0.3, -0.25) is 4.79 Å². The summed E-state index contributed by atoms with van der Waals surface area (Å²) in [6.45, 7) is 1.77. The third-order valence-electron chi connectivity index (χ3n) is 4.19. The number of carbonyl (C=O) groups is 1. The molecule has 24 heavy (non-hydrogen) atoms. The molecule has 1 fully saturated rings. The Morgan fingerprint density at radius 2 is 2.08 bits per heavy atom. The van der Waals surface area contributed by atoms with Gasteiger partial charge in [-0.25, -0.2) is 0 Å². The quantitative estimate of drug-likeness (QED) is 0.910. The molecule has 0 radical (unpaired) electrons. The Balaban J connectivity index is 1.94. The molecule has 4 nitrogen and oxygen atoms in total. The van der Waals surface area contributed by atoms with Gasteiger partial charge in [-0.1, -0.05) is 12.1 Å². The second-order valence-electron chi connectivity index (χ2n) is 5.92. The lowest BCUT2D eigenvalue weighted by Crippen LogP contribution is -2.32. The molecule has 0 bridgehead atoms. The van der Waals surface area contributed by atoms with Gasteiger partial charge in [0.2, 0.25) is 0 Å². The lowest BCUT2D eigenvalue weighted by Gasteiger charge is -2.24. The molecule has 0 saturated carbocycles. The molecule has 1 saturated heterocycles. The van der Waals surface area contributed by atoms with Crippen molar-refractivity contribution in [2.45, 2.75) is 31.7 Å². The Hall–Kier alpha value is -2.28. The largest absolute Gasteiger partial charge is 0.459 e. The predicted octanol–water partition coefficient (Wildman–Crippen LogP) is 3.55. The molecule has 0 unspecified atom stereocenters. The van der Waals surface area contributed by atoms with Crippen molar-refractivity contribution in [2.75, 3.05) is 6.54 Å². The fourth-order valence-corrected chi connectivity index (χ4v) is 3.00. The number of aliphatic hydroxyl groups excluding tert-OH is 1. The van der Waals surface area contributed by atoms with Gasteiger partial charge >= 0.3 is 6.18 Å². The van der Waals surface area contributed by atoms with E-state index in [0.717, 1.165) is 12.1 Å². The monoisotopic (exact) mass is 339 g/mol. The van der Waals surface area contributed by atoms with Crippen LogP contribution in [0.4, 0.5) is 13.2 Å². The van der Waals surface area contributed by atoms with Gasteiger partial charge in [-0.15, -0.1) is 0 Å². The van der Waals surface area contributed by atoms with Crippen molar-refractivity contribution in [3.05, 3.63) is 59.0 Å². The van der Waals surface area contributed by atoms with Gasteiger partial charge in [-0.2, -0.15) is 13.2 Å². The minimum absolute atomic E-state index is 0.0554. The summed E-state index contributed by atoms with van der Waals surface area (Å²) >= 11 is 0. The van der Waals surface area contributed by atoms with Crippen molar-refractivity contribution in [2.24, 2.45) is 0 Å². The minimum atomic E-state index is -4.46. The van der Waals surface area contributed by atoms with Gasteiger partial charge in [0, 0.05) is 12.1 Å². The van der Waals surface area contributed by atoms with Crippen LogP contribution in [-0.2, 0) is 6.18 Å². The molecular weight excluding hydrogens is 323 g/mol. The molecular formula is C17H16F3NO3. The van der Waals surface area contributed by atoms with Gasteiger partial charge in [0.15, 0.2) is 5.76 Å². The first kappa shape index (κ1) is 16.6. The van der Waals surface area contributed by atoms with Crippen LogP contribution < -0.4 is 0 Å². The third-order valence-corrected chi connectivity index (χ3v) is 4.19. The number of aliphatic hydroxyl groups is 1. The number of β-amino-alcohol motifs (C(OH)–C–C–N with tert-alkyl or cyclic N) is 1. The lowest BCUT2D eigenvalue weighted by atomic mass is 10.0. The second kappa shape index (κ2) is 5.98. The zero-order valence-corrected chi connectivity index (χ0v) is 12.9. The summed E-state index contributed by atoms with van der Waals surface area (Å²) < 4.78 is 43.9. The van der Waals surface area contributed by atoms with E-state index in [9.17, 15) is 23.1 Å². The van der Waals surface area contributed by atoms with Crippen molar-refractivity contribution in [3.8, 4) is 0 Å². The van der Waals surface area contributed by atoms with Crippen molar-refractivity contribution in [1.29, 1.82) is 0 Å². The molecule has 2 atom stereocenters. The average Bonchev–Trinajstić information content (AvgIpc) is 3.12. The molecule has 7 heteroatoms. The number of amides is 1. The number of hydrogen-bond acceptors (Lipinski definition) is 3. The topological polar surface area (TPSA) is 53.7 Å². The molecule has 128 valence electrons. The maximum absolute atomic E-state index is 12.9. The standard InChI is InChI=1S/C17H16F3NO3/c1-10-5-6-24-15(10)16(23)21-9-13(22)8-14(21)11-3-2-4-12(7-11)17(18,19)20/h2-7,13-14,22H,8-9H2,1H3/t13-,14+/m1/s1. The SMILES string of the molecule is Cc1ccoc1C(=O)N1C[C@H](O)C[C@H]1c1cccc(C(F)(F)F)c1. The van der Waals surface area contributed by atoms with Crippen LogP contribution in [0.25, 0.3) is 0 Å². The fraction of sp³-hybridized carbons (Fsp3) is 0.353. The lowest BCUT2D eigenvalue weighted by molar-refractivity contribution is -0.137. The second-order valence-corrected chi connectivity index (χ2v) is 5.92. The molecule has 1 aliphatic rings. The van der Waals surface area contributed by atoms with E-state index in [1.54, 1.807) is 13.0 Å². The zero-order chi connectivity index (χ0) is 17.5. The molecule has 3 rings (SSSR count). The number of furan rings is 1. The smallest absolute Gasteiger partial charge is 0.416 e. The van der Waals surface area contributed by atoms with E-state index >= 15 is 0 Å². The Labute approximate surface area is 136 Å². The Morgan fingerprint density at radius 1 is 1.33 bits per heavy atom. The number of aryl methyl sites for hydroxylation is 1. The number of likely N-dealkylation sites (tertiary alicyclic amines) is 1. The van der Waals surface area contributed by atoms with E-state index in [1.807, 2.05) is 0 Å². The van der Waals surface area contributed by atoms with E-state index in [1.165, 1.54) is 23.3 Å². The molecule has 1 amide bonds. The van der Waals surface area contributed by atoms with Gasteiger partial charge in [0.05, 0.1) is 24.0 Å². The number of rotatable bonds is 2. The summed E-state index contributed by atoms with van der Waals surface area (Å²) in [5.74, 6) is -0.294. The van der Waals surface area contributed by atoms with E-state index in [2.05, 4.69) is 0 Å². The van der Waals surface area contributed by atoms with E-state index in [0.29, 0.717) is 11.1 Å². The van der Waals surface area contributed by atoms with E-state index < -0.39 is 29.8 Å². The molecule has 0 aliphatic carbocycles. The Bertz CT molecular complexity index is 754. The minimum Gasteiger partial charge on any atom is -0.459 e. The van der Waals surface area contributed by atoms with Gasteiger partial charge in [0.25, 0.3) is 5.91 Å². The summed E-state index contributed by atoms with van der Waals surface area (Å²) in [6.07, 6.45) is -3.68. The summed E-state index contributed by atoms with van der Waals surface area (Å²) in [6, 6.07) is 5.87. The van der Waals surface area contributed by atoms with Crippen LogP contribution in [0.5, 0.6) is 0 Å². The maximum Gasteiger partial charge on any atom is 0.416 e. The highest BCUT2D eigenvalue weighted by Crippen LogP contribution is 2.37. The van der Waals surface area contributed by atoms with Crippen LogP contribution in [-0.4, -0.2) is 28.6 Å². The number of halogens is 3. The van der Waals surface area contributed by atoms with Crippen molar-refractivity contribution in [3.63, 3.8) is 0 Å². The van der Waals surface area contributed by atoms with Gasteiger partial charge in [0.1, 0.15) is 0 Å². The number of hydrogen-bond donors (Lipinski definition) is 1. The number of nitrogens with zero attached hydrogens (tertiary/aromatic N) is 1. The highest BCUT2D eigenvalue weighted by atomic mass is 19.4. The molecule has 0 spiro atoms. The molecule has 1 N–H and O–H groups in total. The van der Waals surface area contributed by atoms with E-state index in [4.69, 9.17) is 4.42 Å². The van der Waals surface area contributed by atoms with E-state index in [-0.39, 0.29) is 18.7 Å². The zero-order valence-electron chi connectivity index (χ0n) is 12.9. The van der Waals surface area contributed by atoms with Crippen molar-refractivity contribution in [1.82, 2.24) is 4.90 Å². The van der Waals surface area contributed by atoms with Gasteiger partial charge in [-0.05, 0) is 37.1 Å². The average molecular weight is 339 g/mol. The molecule has 1 aromatic carbocycles. The first-order valence-corrected chi connectivity index (χ1v) is 7.47. The van der Waals surface area contributed by atoms with Crippen LogP contribution >= 0.6 is 0 Å². The Kier molecular flexibility index (Phi) is 4.13. The normalized spacial score (nSPS) is 21.3. The highest BCUT2D eigenvalue weighted by Gasteiger charge is 2.38. The first-order chi connectivity index (χ1) is 11.3.